The van der Waals surface area contributed by atoms with Crippen LogP contribution >= 0.6 is 0 Å². The molecule has 1 saturated carbocycles. The van der Waals surface area contributed by atoms with Gasteiger partial charge >= 0.3 is 0 Å². The molecule has 2 N–H and O–H groups in total. The fourth-order valence-electron chi connectivity index (χ4n) is 3.46. The van der Waals surface area contributed by atoms with E-state index in [2.05, 4.69) is 31.2 Å². The van der Waals surface area contributed by atoms with Gasteiger partial charge in [0.25, 0.3) is 0 Å². The standard InChI is InChI=1S/C17H31N3O/c1-4-13(2)20-11-10-15(19-20)12-16(18)17(21-3)14-8-6-5-7-9-14/h10-11,13-14,16-17H,4-9,12,18H2,1-3H3. The average Bonchev–Trinajstić information content (AvgIpc) is 2.96. The number of ether oxygens (including phenoxy) is 1. The van der Waals surface area contributed by atoms with Crippen molar-refractivity contribution in [3.8, 4) is 0 Å². The molecule has 21 heavy (non-hydrogen) atoms. The Labute approximate surface area is 129 Å². The predicted octanol–water partition coefficient (Wildman–Crippen LogP) is 3.32. The van der Waals surface area contributed by atoms with E-state index < -0.39 is 0 Å². The third kappa shape index (κ3) is 4.30. The number of nitrogens with two attached hydrogens (primary N) is 1. The largest absolute Gasteiger partial charge is 0.380 e. The molecule has 4 nitrogen and oxygen atoms in total. The van der Waals surface area contributed by atoms with Crippen LogP contribution in [-0.4, -0.2) is 29.0 Å². The maximum Gasteiger partial charge on any atom is 0.0754 e. The van der Waals surface area contributed by atoms with E-state index in [0.717, 1.165) is 18.5 Å². The Bertz CT molecular complexity index is 412. The highest BCUT2D eigenvalue weighted by atomic mass is 16.5. The van der Waals surface area contributed by atoms with Gasteiger partial charge < -0.3 is 10.5 Å². The van der Waals surface area contributed by atoms with Crippen molar-refractivity contribution in [1.82, 2.24) is 9.78 Å². The summed E-state index contributed by atoms with van der Waals surface area (Å²) in [5, 5.41) is 4.66. The molecule has 0 bridgehead atoms. The van der Waals surface area contributed by atoms with Crippen molar-refractivity contribution in [3.63, 3.8) is 0 Å². The normalized spacial score (nSPS) is 21.1. The van der Waals surface area contributed by atoms with Gasteiger partial charge in [0.1, 0.15) is 0 Å². The maximum atomic E-state index is 6.43. The van der Waals surface area contributed by atoms with Gasteiger partial charge in [-0.2, -0.15) is 5.10 Å². The zero-order valence-corrected chi connectivity index (χ0v) is 13.8. The molecule has 1 aliphatic carbocycles. The van der Waals surface area contributed by atoms with Gasteiger partial charge in [0.05, 0.1) is 11.8 Å². The van der Waals surface area contributed by atoms with Crippen LogP contribution in [-0.2, 0) is 11.2 Å². The van der Waals surface area contributed by atoms with E-state index in [0.29, 0.717) is 12.0 Å². The number of methoxy groups -OCH3 is 1. The van der Waals surface area contributed by atoms with Crippen molar-refractivity contribution in [1.29, 1.82) is 0 Å². The molecule has 4 heteroatoms. The van der Waals surface area contributed by atoms with Crippen LogP contribution in [0.2, 0.25) is 0 Å². The van der Waals surface area contributed by atoms with Crippen LogP contribution < -0.4 is 5.73 Å². The van der Waals surface area contributed by atoms with Gasteiger partial charge in [-0.05, 0) is 38.2 Å². The molecule has 1 fully saturated rings. The van der Waals surface area contributed by atoms with Crippen LogP contribution in [0.3, 0.4) is 0 Å². The third-order valence-electron chi connectivity index (χ3n) is 4.96. The second-order valence-corrected chi connectivity index (χ2v) is 6.51. The number of nitrogens with zero attached hydrogens (tertiary/aromatic N) is 2. The topological polar surface area (TPSA) is 53.1 Å². The van der Waals surface area contributed by atoms with Gasteiger partial charge in [-0.1, -0.05) is 26.2 Å². The van der Waals surface area contributed by atoms with E-state index >= 15 is 0 Å². The summed E-state index contributed by atoms with van der Waals surface area (Å²) in [7, 11) is 1.80. The lowest BCUT2D eigenvalue weighted by molar-refractivity contribution is 0.0176. The monoisotopic (exact) mass is 293 g/mol. The van der Waals surface area contributed by atoms with E-state index in [1.54, 1.807) is 7.11 Å². The second-order valence-electron chi connectivity index (χ2n) is 6.51. The summed E-state index contributed by atoms with van der Waals surface area (Å²) in [6, 6.07) is 2.59. The molecular formula is C17H31N3O. The zero-order valence-electron chi connectivity index (χ0n) is 13.8. The Hall–Kier alpha value is -0.870. The van der Waals surface area contributed by atoms with Gasteiger partial charge in [-0.15, -0.1) is 0 Å². The van der Waals surface area contributed by atoms with E-state index in [1.807, 2.05) is 4.68 Å². The lowest BCUT2D eigenvalue weighted by atomic mass is 9.82. The molecule has 1 heterocycles. The molecule has 0 radical (unpaired) electrons. The number of hydrogen-bond donors (Lipinski definition) is 1. The van der Waals surface area contributed by atoms with Crippen molar-refractivity contribution in [2.75, 3.05) is 7.11 Å². The fraction of sp³-hybridized carbons (Fsp3) is 0.824. The molecule has 1 aliphatic rings. The minimum Gasteiger partial charge on any atom is -0.380 e. The summed E-state index contributed by atoms with van der Waals surface area (Å²) < 4.78 is 7.79. The van der Waals surface area contributed by atoms with Crippen molar-refractivity contribution < 1.29 is 4.74 Å². The minimum atomic E-state index is 0.0402. The molecule has 0 amide bonds. The van der Waals surface area contributed by atoms with Gasteiger partial charge in [-0.3, -0.25) is 4.68 Å². The molecule has 0 aliphatic heterocycles. The van der Waals surface area contributed by atoms with Crippen LogP contribution in [0, 0.1) is 5.92 Å². The fourth-order valence-corrected chi connectivity index (χ4v) is 3.46. The van der Waals surface area contributed by atoms with Gasteiger partial charge in [0, 0.05) is 31.8 Å². The van der Waals surface area contributed by atoms with Crippen molar-refractivity contribution in [2.24, 2.45) is 11.7 Å². The summed E-state index contributed by atoms with van der Waals surface area (Å²) >= 11 is 0. The number of rotatable bonds is 7. The van der Waals surface area contributed by atoms with E-state index in [9.17, 15) is 0 Å². The van der Waals surface area contributed by atoms with Crippen molar-refractivity contribution in [2.45, 2.75) is 77.0 Å². The first-order valence-electron chi connectivity index (χ1n) is 8.48. The number of hydrogen-bond acceptors (Lipinski definition) is 3. The quantitative estimate of drug-likeness (QED) is 0.839. The van der Waals surface area contributed by atoms with Crippen LogP contribution in [0.5, 0.6) is 0 Å². The average molecular weight is 293 g/mol. The number of aromatic nitrogens is 2. The Morgan fingerprint density at radius 2 is 2.10 bits per heavy atom. The summed E-state index contributed by atoms with van der Waals surface area (Å²) in [5.41, 5.74) is 7.52. The van der Waals surface area contributed by atoms with Crippen molar-refractivity contribution in [3.05, 3.63) is 18.0 Å². The summed E-state index contributed by atoms with van der Waals surface area (Å²) in [4.78, 5) is 0. The molecule has 3 unspecified atom stereocenters. The molecule has 2 rings (SSSR count). The molecule has 0 saturated heterocycles. The highest BCUT2D eigenvalue weighted by molar-refractivity contribution is 5.03. The Morgan fingerprint density at radius 3 is 2.71 bits per heavy atom. The molecule has 0 aromatic carbocycles. The Balaban J connectivity index is 1.95. The van der Waals surface area contributed by atoms with Crippen molar-refractivity contribution >= 4 is 0 Å². The first-order chi connectivity index (χ1) is 10.2. The molecule has 3 atom stereocenters. The van der Waals surface area contributed by atoms with Crippen LogP contribution in [0.25, 0.3) is 0 Å². The lowest BCUT2D eigenvalue weighted by Gasteiger charge is -2.32. The van der Waals surface area contributed by atoms with Gasteiger partial charge in [0.2, 0.25) is 0 Å². The molecule has 0 spiro atoms. The summed E-state index contributed by atoms with van der Waals surface area (Å²) in [5.74, 6) is 0.621. The van der Waals surface area contributed by atoms with E-state index in [1.165, 1.54) is 32.1 Å². The summed E-state index contributed by atoms with van der Waals surface area (Å²) in [6.45, 7) is 4.37. The molecule has 1 aromatic heterocycles. The lowest BCUT2D eigenvalue weighted by Crippen LogP contribution is -2.43. The highest BCUT2D eigenvalue weighted by Gasteiger charge is 2.29. The highest BCUT2D eigenvalue weighted by Crippen LogP contribution is 2.29. The minimum absolute atomic E-state index is 0.0402. The molecular weight excluding hydrogens is 262 g/mol. The second kappa shape index (κ2) is 7.95. The summed E-state index contributed by atoms with van der Waals surface area (Å²) in [6.07, 6.45) is 10.6. The Kier molecular flexibility index (Phi) is 6.24. The van der Waals surface area contributed by atoms with E-state index in [-0.39, 0.29) is 12.1 Å². The van der Waals surface area contributed by atoms with E-state index in [4.69, 9.17) is 10.5 Å². The smallest absolute Gasteiger partial charge is 0.0754 e. The molecule has 120 valence electrons. The third-order valence-corrected chi connectivity index (χ3v) is 4.96. The van der Waals surface area contributed by atoms with Crippen LogP contribution in [0.1, 0.15) is 64.1 Å². The molecule has 1 aromatic rings. The maximum absolute atomic E-state index is 6.43. The van der Waals surface area contributed by atoms with Gasteiger partial charge in [-0.25, -0.2) is 0 Å². The Morgan fingerprint density at radius 1 is 1.38 bits per heavy atom. The van der Waals surface area contributed by atoms with Gasteiger partial charge in [0.15, 0.2) is 0 Å². The SMILES string of the molecule is CCC(C)n1ccc(CC(N)C(OC)C2CCCCC2)n1. The zero-order chi connectivity index (χ0) is 15.2. The first kappa shape index (κ1) is 16.5. The predicted molar refractivity (Wildman–Crippen MR) is 86.3 cm³/mol. The first-order valence-corrected chi connectivity index (χ1v) is 8.48. The van der Waals surface area contributed by atoms with Crippen LogP contribution in [0.15, 0.2) is 12.3 Å². The van der Waals surface area contributed by atoms with Crippen LogP contribution in [0.4, 0.5) is 0 Å².